The summed E-state index contributed by atoms with van der Waals surface area (Å²) in [7, 11) is 1.49. The average Bonchev–Trinajstić information content (AvgIpc) is 3.08. The van der Waals surface area contributed by atoms with Gasteiger partial charge in [0.15, 0.2) is 0 Å². The summed E-state index contributed by atoms with van der Waals surface area (Å²) in [5.74, 6) is -1.26. The SMILES string of the molecule is CCCOc1ccc(C(=O)Nc2sc(C(=O)OCCOC)c(C)c2C(=O)OCC)cc1N. The van der Waals surface area contributed by atoms with E-state index in [0.717, 1.165) is 17.8 Å². The number of methoxy groups -OCH3 is 1. The molecule has 1 heterocycles. The van der Waals surface area contributed by atoms with Crippen molar-refractivity contribution in [3.05, 3.63) is 39.8 Å². The number of hydrogen-bond acceptors (Lipinski definition) is 9. The highest BCUT2D eigenvalue weighted by molar-refractivity contribution is 7.18. The average molecular weight is 465 g/mol. The first-order valence-corrected chi connectivity index (χ1v) is 11.0. The Kier molecular flexibility index (Phi) is 9.48. The molecule has 0 spiro atoms. The van der Waals surface area contributed by atoms with Gasteiger partial charge in [0.05, 0.1) is 31.1 Å². The van der Waals surface area contributed by atoms with Gasteiger partial charge in [-0.05, 0) is 44.0 Å². The molecule has 2 rings (SSSR count). The summed E-state index contributed by atoms with van der Waals surface area (Å²) >= 11 is 0.944. The molecule has 0 unspecified atom stereocenters. The number of nitrogens with two attached hydrogens (primary N) is 1. The second-order valence-electron chi connectivity index (χ2n) is 6.66. The van der Waals surface area contributed by atoms with Gasteiger partial charge in [-0.25, -0.2) is 9.59 Å². The number of carbonyl (C=O) groups is 3. The Bertz CT molecular complexity index is 971. The maximum Gasteiger partial charge on any atom is 0.348 e. The molecule has 0 aliphatic rings. The third-order valence-electron chi connectivity index (χ3n) is 4.29. The van der Waals surface area contributed by atoms with E-state index in [1.165, 1.54) is 13.2 Å². The van der Waals surface area contributed by atoms with Crippen molar-refractivity contribution in [1.29, 1.82) is 0 Å². The Morgan fingerprint density at radius 1 is 1.06 bits per heavy atom. The number of nitrogen functional groups attached to an aromatic ring is 1. The van der Waals surface area contributed by atoms with E-state index in [1.54, 1.807) is 26.0 Å². The molecule has 0 fully saturated rings. The van der Waals surface area contributed by atoms with Crippen molar-refractivity contribution in [3.8, 4) is 5.75 Å². The van der Waals surface area contributed by atoms with Crippen LogP contribution in [0.4, 0.5) is 10.7 Å². The largest absolute Gasteiger partial charge is 0.491 e. The maximum atomic E-state index is 12.8. The first-order chi connectivity index (χ1) is 15.3. The van der Waals surface area contributed by atoms with Crippen molar-refractivity contribution in [2.45, 2.75) is 27.2 Å². The highest BCUT2D eigenvalue weighted by Gasteiger charge is 2.27. The van der Waals surface area contributed by atoms with Gasteiger partial charge in [-0.3, -0.25) is 4.79 Å². The van der Waals surface area contributed by atoms with Crippen molar-refractivity contribution in [1.82, 2.24) is 0 Å². The number of benzene rings is 1. The number of rotatable bonds is 11. The van der Waals surface area contributed by atoms with Crippen LogP contribution in [0.3, 0.4) is 0 Å². The quantitative estimate of drug-likeness (QED) is 0.293. The number of anilines is 2. The van der Waals surface area contributed by atoms with E-state index in [-0.39, 0.29) is 40.8 Å². The number of nitrogens with one attached hydrogen (secondary N) is 1. The minimum Gasteiger partial charge on any atom is -0.491 e. The summed E-state index contributed by atoms with van der Waals surface area (Å²) in [6.45, 7) is 6.20. The lowest BCUT2D eigenvalue weighted by atomic mass is 10.1. The zero-order valence-electron chi connectivity index (χ0n) is 18.6. The van der Waals surface area contributed by atoms with Gasteiger partial charge in [-0.15, -0.1) is 11.3 Å². The monoisotopic (exact) mass is 464 g/mol. The lowest BCUT2D eigenvalue weighted by Crippen LogP contribution is -2.15. The Balaban J connectivity index is 2.31. The van der Waals surface area contributed by atoms with Gasteiger partial charge < -0.3 is 30.0 Å². The summed E-state index contributed by atoms with van der Waals surface area (Å²) in [4.78, 5) is 38.0. The molecular weight excluding hydrogens is 436 g/mol. The molecule has 0 saturated heterocycles. The molecule has 1 amide bonds. The van der Waals surface area contributed by atoms with Crippen LogP contribution in [0, 0.1) is 6.92 Å². The zero-order valence-corrected chi connectivity index (χ0v) is 19.4. The Morgan fingerprint density at radius 2 is 1.81 bits per heavy atom. The predicted molar refractivity (Wildman–Crippen MR) is 122 cm³/mol. The van der Waals surface area contributed by atoms with E-state index in [0.29, 0.717) is 23.6 Å². The van der Waals surface area contributed by atoms with Crippen molar-refractivity contribution in [2.24, 2.45) is 0 Å². The molecule has 32 heavy (non-hydrogen) atoms. The number of carbonyl (C=O) groups excluding carboxylic acids is 3. The third kappa shape index (κ3) is 6.21. The van der Waals surface area contributed by atoms with Crippen molar-refractivity contribution < 1.29 is 33.3 Å². The van der Waals surface area contributed by atoms with Crippen LogP contribution in [0.5, 0.6) is 5.75 Å². The maximum absolute atomic E-state index is 12.8. The fourth-order valence-corrected chi connectivity index (χ4v) is 3.82. The molecule has 174 valence electrons. The number of ether oxygens (including phenoxy) is 4. The summed E-state index contributed by atoms with van der Waals surface area (Å²) in [5, 5.41) is 2.88. The van der Waals surface area contributed by atoms with Gasteiger partial charge >= 0.3 is 11.9 Å². The molecule has 2 aromatic rings. The molecule has 0 atom stereocenters. The normalized spacial score (nSPS) is 10.5. The molecule has 0 aliphatic carbocycles. The smallest absolute Gasteiger partial charge is 0.348 e. The first-order valence-electron chi connectivity index (χ1n) is 10.1. The molecule has 10 heteroatoms. The Hall–Kier alpha value is -3.11. The lowest BCUT2D eigenvalue weighted by molar-refractivity contribution is 0.0392. The van der Waals surface area contributed by atoms with E-state index in [9.17, 15) is 14.4 Å². The van der Waals surface area contributed by atoms with Gasteiger partial charge in [0, 0.05) is 12.7 Å². The highest BCUT2D eigenvalue weighted by Crippen LogP contribution is 2.35. The number of amides is 1. The van der Waals surface area contributed by atoms with Crippen molar-refractivity contribution in [2.75, 3.05) is 44.6 Å². The van der Waals surface area contributed by atoms with Gasteiger partial charge in [0.25, 0.3) is 5.91 Å². The van der Waals surface area contributed by atoms with E-state index >= 15 is 0 Å². The summed E-state index contributed by atoms with van der Waals surface area (Å²) in [6.07, 6.45) is 0.826. The van der Waals surface area contributed by atoms with Gasteiger partial charge in [0.2, 0.25) is 0 Å². The van der Waals surface area contributed by atoms with Crippen LogP contribution in [0.2, 0.25) is 0 Å². The van der Waals surface area contributed by atoms with E-state index in [2.05, 4.69) is 5.32 Å². The summed E-state index contributed by atoms with van der Waals surface area (Å²) in [5.41, 5.74) is 7.06. The molecule has 3 N–H and O–H groups in total. The standard InChI is InChI=1S/C22H28N2O7S/c1-5-9-30-16-8-7-14(12-15(16)23)19(25)24-20-17(21(26)29-6-2)13(3)18(32-20)22(27)31-11-10-28-4/h7-8,12H,5-6,9-11,23H2,1-4H3,(H,24,25). The summed E-state index contributed by atoms with van der Waals surface area (Å²) < 4.78 is 20.7. The minimum absolute atomic E-state index is 0.0643. The molecule has 0 bridgehead atoms. The molecule has 0 radical (unpaired) electrons. The fraction of sp³-hybridized carbons (Fsp3) is 0.409. The van der Waals surface area contributed by atoms with Crippen LogP contribution in [-0.2, 0) is 14.2 Å². The first kappa shape index (κ1) is 25.2. The topological polar surface area (TPSA) is 126 Å². The zero-order chi connectivity index (χ0) is 23.7. The van der Waals surface area contributed by atoms with Crippen LogP contribution in [-0.4, -0.2) is 51.4 Å². The van der Waals surface area contributed by atoms with Crippen LogP contribution in [0.1, 0.15) is 56.2 Å². The minimum atomic E-state index is -0.643. The number of thiophene rings is 1. The fourth-order valence-electron chi connectivity index (χ4n) is 2.74. The van der Waals surface area contributed by atoms with Gasteiger partial charge in [0.1, 0.15) is 22.2 Å². The molecular formula is C22H28N2O7S. The Morgan fingerprint density at radius 3 is 2.44 bits per heavy atom. The predicted octanol–water partition coefficient (Wildman–Crippen LogP) is 3.66. The number of esters is 2. The van der Waals surface area contributed by atoms with Crippen molar-refractivity contribution >= 4 is 39.9 Å². The highest BCUT2D eigenvalue weighted by atomic mass is 32.1. The molecule has 0 saturated carbocycles. The Labute approximate surface area is 190 Å². The molecule has 9 nitrogen and oxygen atoms in total. The van der Waals surface area contributed by atoms with Crippen LogP contribution < -0.4 is 15.8 Å². The third-order valence-corrected chi connectivity index (χ3v) is 5.48. The second kappa shape index (κ2) is 12.1. The van der Waals surface area contributed by atoms with Crippen LogP contribution in [0.25, 0.3) is 0 Å². The lowest BCUT2D eigenvalue weighted by Gasteiger charge is -2.10. The molecule has 0 aliphatic heterocycles. The van der Waals surface area contributed by atoms with E-state index in [4.69, 9.17) is 24.7 Å². The van der Waals surface area contributed by atoms with Crippen LogP contribution >= 0.6 is 11.3 Å². The number of hydrogen-bond donors (Lipinski definition) is 2. The molecule has 1 aromatic heterocycles. The summed E-state index contributed by atoms with van der Waals surface area (Å²) in [6, 6.07) is 4.68. The molecule has 1 aromatic carbocycles. The van der Waals surface area contributed by atoms with E-state index < -0.39 is 17.8 Å². The van der Waals surface area contributed by atoms with Gasteiger partial charge in [-0.1, -0.05) is 6.92 Å². The second-order valence-corrected chi connectivity index (χ2v) is 7.69. The van der Waals surface area contributed by atoms with Gasteiger partial charge in [-0.2, -0.15) is 0 Å². The van der Waals surface area contributed by atoms with E-state index in [1.807, 2.05) is 6.92 Å². The van der Waals surface area contributed by atoms with Crippen molar-refractivity contribution in [3.63, 3.8) is 0 Å². The van der Waals surface area contributed by atoms with Crippen LogP contribution in [0.15, 0.2) is 18.2 Å².